The molecule has 0 aliphatic rings. The molecule has 0 radical (unpaired) electrons. The molecule has 3 heterocycles. The number of primary amides is 1. The standard InChI is InChI=1S/C19H17N7O3/c1-10-7-12(24-29-10)9-26-11(2)18(23-25-26)22-19(28)14-8-16(17(20)27)21-15-6-4-3-5-13(14)15/h3-8H,9H2,1-2H3,(H2,20,27)(H,22,28). The topological polar surface area (TPSA) is 142 Å². The average molecular weight is 391 g/mol. The zero-order chi connectivity index (χ0) is 20.5. The first kappa shape index (κ1) is 18.3. The maximum atomic E-state index is 12.9. The number of aromatic nitrogens is 5. The van der Waals surface area contributed by atoms with Crippen LogP contribution in [0.2, 0.25) is 0 Å². The van der Waals surface area contributed by atoms with Gasteiger partial charge in [-0.2, -0.15) is 0 Å². The van der Waals surface area contributed by atoms with Gasteiger partial charge in [0.25, 0.3) is 11.8 Å². The molecule has 1 aromatic carbocycles. The van der Waals surface area contributed by atoms with E-state index in [9.17, 15) is 9.59 Å². The lowest BCUT2D eigenvalue weighted by Gasteiger charge is -2.08. The molecule has 146 valence electrons. The van der Waals surface area contributed by atoms with Crippen molar-refractivity contribution in [2.24, 2.45) is 5.73 Å². The van der Waals surface area contributed by atoms with E-state index in [2.05, 4.69) is 25.8 Å². The predicted octanol–water partition coefficient (Wildman–Crippen LogP) is 1.83. The number of hydrogen-bond acceptors (Lipinski definition) is 7. The number of carbonyl (C=O) groups is 2. The third-order valence-electron chi connectivity index (χ3n) is 4.42. The monoisotopic (exact) mass is 391 g/mol. The average Bonchev–Trinajstić information content (AvgIpc) is 3.27. The van der Waals surface area contributed by atoms with E-state index < -0.39 is 11.8 Å². The SMILES string of the molecule is Cc1cc(Cn2nnc(NC(=O)c3cc(C(N)=O)nc4ccccc34)c2C)no1. The van der Waals surface area contributed by atoms with Gasteiger partial charge < -0.3 is 15.6 Å². The lowest BCUT2D eigenvalue weighted by molar-refractivity contribution is 0.0996. The van der Waals surface area contributed by atoms with Gasteiger partial charge in [-0.15, -0.1) is 5.10 Å². The fourth-order valence-electron chi connectivity index (χ4n) is 2.94. The number of pyridine rings is 1. The van der Waals surface area contributed by atoms with E-state index in [1.165, 1.54) is 6.07 Å². The molecule has 0 spiro atoms. The number of amides is 2. The van der Waals surface area contributed by atoms with Gasteiger partial charge in [-0.25, -0.2) is 9.67 Å². The number of rotatable bonds is 5. The summed E-state index contributed by atoms with van der Waals surface area (Å²) in [6, 6.07) is 10.2. The maximum Gasteiger partial charge on any atom is 0.267 e. The highest BCUT2D eigenvalue weighted by Crippen LogP contribution is 2.20. The van der Waals surface area contributed by atoms with E-state index in [1.807, 2.05) is 0 Å². The first-order valence-corrected chi connectivity index (χ1v) is 8.75. The third-order valence-corrected chi connectivity index (χ3v) is 4.42. The number of nitrogens with two attached hydrogens (primary N) is 1. The summed E-state index contributed by atoms with van der Waals surface area (Å²) in [5.41, 5.74) is 7.47. The first-order valence-electron chi connectivity index (χ1n) is 8.75. The summed E-state index contributed by atoms with van der Waals surface area (Å²) in [4.78, 5) is 28.7. The second-order valence-electron chi connectivity index (χ2n) is 6.50. The Morgan fingerprint density at radius 3 is 2.72 bits per heavy atom. The minimum atomic E-state index is -0.713. The van der Waals surface area contributed by atoms with Crippen molar-refractivity contribution in [3.05, 3.63) is 64.8 Å². The number of benzene rings is 1. The number of anilines is 1. The molecule has 0 saturated heterocycles. The summed E-state index contributed by atoms with van der Waals surface area (Å²) >= 11 is 0. The van der Waals surface area contributed by atoms with E-state index in [4.69, 9.17) is 10.3 Å². The lowest BCUT2D eigenvalue weighted by atomic mass is 10.1. The summed E-state index contributed by atoms with van der Waals surface area (Å²) in [6.07, 6.45) is 0. The number of fused-ring (bicyclic) bond motifs is 1. The first-order chi connectivity index (χ1) is 13.9. The Bertz CT molecular complexity index is 1240. The van der Waals surface area contributed by atoms with Crippen LogP contribution in [0.25, 0.3) is 10.9 Å². The Hall–Kier alpha value is -4.08. The molecule has 4 rings (SSSR count). The van der Waals surface area contributed by atoms with Crippen LogP contribution >= 0.6 is 0 Å². The Morgan fingerprint density at radius 2 is 2.00 bits per heavy atom. The number of aryl methyl sites for hydroxylation is 1. The molecule has 10 heteroatoms. The molecular weight excluding hydrogens is 374 g/mol. The number of nitrogens with one attached hydrogen (secondary N) is 1. The van der Waals surface area contributed by atoms with Gasteiger partial charge in [-0.1, -0.05) is 28.6 Å². The highest BCUT2D eigenvalue weighted by Gasteiger charge is 2.18. The van der Waals surface area contributed by atoms with Crippen LogP contribution in [0.5, 0.6) is 0 Å². The van der Waals surface area contributed by atoms with Crippen molar-refractivity contribution >= 4 is 28.5 Å². The van der Waals surface area contributed by atoms with Gasteiger partial charge in [0.05, 0.1) is 23.3 Å². The molecular formula is C19H17N7O3. The molecule has 0 aliphatic carbocycles. The van der Waals surface area contributed by atoms with Crippen molar-refractivity contribution in [2.75, 3.05) is 5.32 Å². The van der Waals surface area contributed by atoms with Gasteiger partial charge in [-0.3, -0.25) is 9.59 Å². The Labute approximate surface area is 164 Å². The Kier molecular flexibility index (Phi) is 4.51. The molecule has 4 aromatic rings. The zero-order valence-corrected chi connectivity index (χ0v) is 15.7. The largest absolute Gasteiger partial charge is 0.364 e. The van der Waals surface area contributed by atoms with Gasteiger partial charge in [0.15, 0.2) is 5.82 Å². The maximum absolute atomic E-state index is 12.9. The van der Waals surface area contributed by atoms with Crippen LogP contribution in [0, 0.1) is 13.8 Å². The van der Waals surface area contributed by atoms with Crippen molar-refractivity contribution in [1.29, 1.82) is 0 Å². The van der Waals surface area contributed by atoms with Crippen molar-refractivity contribution < 1.29 is 14.1 Å². The molecule has 0 atom stereocenters. The fraction of sp³-hybridized carbons (Fsp3) is 0.158. The van der Waals surface area contributed by atoms with Crippen molar-refractivity contribution in [3.63, 3.8) is 0 Å². The minimum Gasteiger partial charge on any atom is -0.364 e. The minimum absolute atomic E-state index is 0.00984. The molecule has 3 aromatic heterocycles. The fourth-order valence-corrected chi connectivity index (χ4v) is 2.94. The number of nitrogens with zero attached hydrogens (tertiary/aromatic N) is 5. The summed E-state index contributed by atoms with van der Waals surface area (Å²) in [5.74, 6) is -0.161. The predicted molar refractivity (Wildman–Crippen MR) is 103 cm³/mol. The molecule has 2 amide bonds. The van der Waals surface area contributed by atoms with Crippen LogP contribution in [0.1, 0.15) is 38.0 Å². The number of hydrogen-bond donors (Lipinski definition) is 2. The second kappa shape index (κ2) is 7.15. The van der Waals surface area contributed by atoms with E-state index in [-0.39, 0.29) is 11.3 Å². The van der Waals surface area contributed by atoms with Crippen molar-refractivity contribution in [2.45, 2.75) is 20.4 Å². The van der Waals surface area contributed by atoms with Gasteiger partial charge in [-0.05, 0) is 26.0 Å². The Balaban J connectivity index is 1.64. The van der Waals surface area contributed by atoms with Crippen LogP contribution in [-0.2, 0) is 6.54 Å². The molecule has 0 fully saturated rings. The van der Waals surface area contributed by atoms with Crippen LogP contribution < -0.4 is 11.1 Å². The zero-order valence-electron chi connectivity index (χ0n) is 15.7. The quantitative estimate of drug-likeness (QED) is 0.528. The van der Waals surface area contributed by atoms with Crippen LogP contribution in [-0.4, -0.2) is 36.9 Å². The summed E-state index contributed by atoms with van der Waals surface area (Å²) in [6.45, 7) is 3.94. The van der Waals surface area contributed by atoms with Gasteiger partial charge >= 0.3 is 0 Å². The highest BCUT2D eigenvalue weighted by atomic mass is 16.5. The normalized spacial score (nSPS) is 11.0. The summed E-state index contributed by atoms with van der Waals surface area (Å²) in [7, 11) is 0. The third kappa shape index (κ3) is 3.55. The molecule has 0 aliphatic heterocycles. The molecule has 3 N–H and O–H groups in total. The smallest absolute Gasteiger partial charge is 0.267 e. The summed E-state index contributed by atoms with van der Waals surface area (Å²) in [5, 5.41) is 15.4. The van der Waals surface area contributed by atoms with Gasteiger partial charge in [0.1, 0.15) is 17.1 Å². The molecule has 0 saturated carbocycles. The van der Waals surface area contributed by atoms with Crippen molar-refractivity contribution in [3.8, 4) is 0 Å². The van der Waals surface area contributed by atoms with Crippen LogP contribution in [0.4, 0.5) is 5.82 Å². The van der Waals surface area contributed by atoms with Crippen LogP contribution in [0.3, 0.4) is 0 Å². The number of para-hydroxylation sites is 1. The van der Waals surface area contributed by atoms with E-state index >= 15 is 0 Å². The molecule has 29 heavy (non-hydrogen) atoms. The molecule has 0 bridgehead atoms. The van der Waals surface area contributed by atoms with E-state index in [0.717, 1.165) is 0 Å². The molecule has 0 unspecified atom stereocenters. The molecule has 10 nitrogen and oxygen atoms in total. The lowest BCUT2D eigenvalue weighted by Crippen LogP contribution is -2.18. The number of carbonyl (C=O) groups excluding carboxylic acids is 2. The summed E-state index contributed by atoms with van der Waals surface area (Å²) < 4.78 is 6.66. The van der Waals surface area contributed by atoms with Crippen LogP contribution in [0.15, 0.2) is 40.9 Å². The second-order valence-corrected chi connectivity index (χ2v) is 6.50. The Morgan fingerprint density at radius 1 is 1.21 bits per heavy atom. The van der Waals surface area contributed by atoms with E-state index in [1.54, 1.807) is 48.9 Å². The van der Waals surface area contributed by atoms with E-state index in [0.29, 0.717) is 40.4 Å². The van der Waals surface area contributed by atoms with Gasteiger partial charge in [0.2, 0.25) is 0 Å². The van der Waals surface area contributed by atoms with Crippen molar-refractivity contribution in [1.82, 2.24) is 25.1 Å². The van der Waals surface area contributed by atoms with Gasteiger partial charge in [0, 0.05) is 11.5 Å². The highest BCUT2D eigenvalue weighted by molar-refractivity contribution is 6.13.